The lowest BCUT2D eigenvalue weighted by Crippen LogP contribution is -2.41. The minimum Gasteiger partial charge on any atom is -0.480 e. The summed E-state index contributed by atoms with van der Waals surface area (Å²) in [4.78, 5) is 32.6. The average Bonchev–Trinajstić information content (AvgIpc) is 2.29. The standard InChI is InChI=1S/C13H15NO5/c1-8(15)14-12(13(17)18)7-10-3-5-11(6-4-10)19-9(2)16/h3-6,12H,7H2,1-2H3,(H,14,15)(H,17,18)/t12-/m1/s1. The number of amides is 1. The maximum atomic E-state index is 11.0. The fourth-order valence-electron chi connectivity index (χ4n) is 1.54. The number of carbonyl (C=O) groups excluding carboxylic acids is 2. The van der Waals surface area contributed by atoms with E-state index in [-0.39, 0.29) is 6.42 Å². The molecule has 1 atom stereocenters. The summed E-state index contributed by atoms with van der Waals surface area (Å²) < 4.78 is 4.86. The van der Waals surface area contributed by atoms with E-state index in [1.54, 1.807) is 24.3 Å². The fraction of sp³-hybridized carbons (Fsp3) is 0.308. The highest BCUT2D eigenvalue weighted by atomic mass is 16.5. The summed E-state index contributed by atoms with van der Waals surface area (Å²) in [5.74, 6) is -1.53. The van der Waals surface area contributed by atoms with Crippen molar-refractivity contribution < 1.29 is 24.2 Å². The molecule has 1 aromatic carbocycles. The summed E-state index contributed by atoms with van der Waals surface area (Å²) in [7, 11) is 0. The lowest BCUT2D eigenvalue weighted by Gasteiger charge is -2.13. The first kappa shape index (κ1) is 14.7. The van der Waals surface area contributed by atoms with Crippen LogP contribution in [0.1, 0.15) is 19.4 Å². The first-order valence-corrected chi connectivity index (χ1v) is 5.65. The van der Waals surface area contributed by atoms with Gasteiger partial charge in [-0.3, -0.25) is 9.59 Å². The van der Waals surface area contributed by atoms with Gasteiger partial charge < -0.3 is 15.2 Å². The van der Waals surface area contributed by atoms with E-state index >= 15 is 0 Å². The molecule has 1 aromatic rings. The number of carbonyl (C=O) groups is 3. The Kier molecular flexibility index (Phi) is 5.05. The SMILES string of the molecule is CC(=O)N[C@H](Cc1ccc(OC(C)=O)cc1)C(=O)O. The molecule has 19 heavy (non-hydrogen) atoms. The molecule has 0 aliphatic heterocycles. The van der Waals surface area contributed by atoms with Crippen LogP contribution in [-0.2, 0) is 20.8 Å². The van der Waals surface area contributed by atoms with E-state index in [9.17, 15) is 14.4 Å². The van der Waals surface area contributed by atoms with Gasteiger partial charge in [0.1, 0.15) is 11.8 Å². The minimum absolute atomic E-state index is 0.162. The molecule has 0 radical (unpaired) electrons. The van der Waals surface area contributed by atoms with E-state index in [0.29, 0.717) is 5.75 Å². The number of nitrogens with one attached hydrogen (secondary N) is 1. The van der Waals surface area contributed by atoms with E-state index < -0.39 is 23.9 Å². The number of aliphatic carboxylic acids is 1. The normalized spacial score (nSPS) is 11.5. The first-order chi connectivity index (χ1) is 8.88. The van der Waals surface area contributed by atoms with Gasteiger partial charge in [0.05, 0.1) is 0 Å². The van der Waals surface area contributed by atoms with Gasteiger partial charge in [-0.05, 0) is 17.7 Å². The van der Waals surface area contributed by atoms with Crippen molar-refractivity contribution in [1.29, 1.82) is 0 Å². The smallest absolute Gasteiger partial charge is 0.326 e. The van der Waals surface area contributed by atoms with Crippen molar-refractivity contribution in [2.45, 2.75) is 26.3 Å². The molecule has 102 valence electrons. The van der Waals surface area contributed by atoms with Crippen LogP contribution < -0.4 is 10.1 Å². The zero-order valence-electron chi connectivity index (χ0n) is 10.7. The third-order valence-electron chi connectivity index (χ3n) is 2.30. The van der Waals surface area contributed by atoms with E-state index in [2.05, 4.69) is 5.32 Å². The van der Waals surface area contributed by atoms with Crippen LogP contribution in [0.25, 0.3) is 0 Å². The molecule has 1 amide bonds. The van der Waals surface area contributed by atoms with Crippen molar-refractivity contribution in [3.63, 3.8) is 0 Å². The molecule has 0 heterocycles. The van der Waals surface area contributed by atoms with Crippen LogP contribution in [0.2, 0.25) is 0 Å². The largest absolute Gasteiger partial charge is 0.480 e. The molecule has 0 saturated carbocycles. The Morgan fingerprint density at radius 2 is 1.79 bits per heavy atom. The third-order valence-corrected chi connectivity index (χ3v) is 2.30. The van der Waals surface area contributed by atoms with Crippen LogP contribution in [0, 0.1) is 0 Å². The molecule has 0 fully saturated rings. The Hall–Kier alpha value is -2.37. The van der Waals surface area contributed by atoms with Crippen LogP contribution in [0.15, 0.2) is 24.3 Å². The fourth-order valence-corrected chi connectivity index (χ4v) is 1.54. The van der Waals surface area contributed by atoms with Gasteiger partial charge >= 0.3 is 11.9 Å². The number of rotatable bonds is 5. The molecule has 6 nitrogen and oxygen atoms in total. The molecule has 0 bridgehead atoms. The number of ether oxygens (including phenoxy) is 1. The summed E-state index contributed by atoms with van der Waals surface area (Å²) in [5, 5.41) is 11.3. The molecule has 0 spiro atoms. The second-order valence-corrected chi connectivity index (χ2v) is 4.03. The highest BCUT2D eigenvalue weighted by molar-refractivity contribution is 5.82. The number of benzene rings is 1. The summed E-state index contributed by atoms with van der Waals surface area (Å²) in [6.45, 7) is 2.56. The predicted octanol–water partition coefficient (Wildman–Crippen LogP) is 0.744. The summed E-state index contributed by atoms with van der Waals surface area (Å²) in [6.07, 6.45) is 0.162. The van der Waals surface area contributed by atoms with E-state index in [0.717, 1.165) is 5.56 Å². The Morgan fingerprint density at radius 1 is 1.21 bits per heavy atom. The maximum absolute atomic E-state index is 11.0. The summed E-state index contributed by atoms with van der Waals surface area (Å²) >= 11 is 0. The molecule has 0 saturated heterocycles. The Labute approximate surface area is 110 Å². The van der Waals surface area contributed by atoms with Crippen molar-refractivity contribution in [3.8, 4) is 5.75 Å². The van der Waals surface area contributed by atoms with Crippen molar-refractivity contribution in [1.82, 2.24) is 5.32 Å². The van der Waals surface area contributed by atoms with Crippen LogP contribution in [0.5, 0.6) is 5.75 Å². The molecule has 0 unspecified atom stereocenters. The van der Waals surface area contributed by atoms with Crippen LogP contribution >= 0.6 is 0 Å². The molecular formula is C13H15NO5. The number of esters is 1. The maximum Gasteiger partial charge on any atom is 0.326 e. The van der Waals surface area contributed by atoms with Crippen molar-refractivity contribution in [2.24, 2.45) is 0 Å². The number of hydrogen-bond acceptors (Lipinski definition) is 4. The minimum atomic E-state index is -1.10. The predicted molar refractivity (Wildman–Crippen MR) is 66.7 cm³/mol. The molecule has 6 heteroatoms. The van der Waals surface area contributed by atoms with Crippen LogP contribution in [0.3, 0.4) is 0 Å². The van der Waals surface area contributed by atoms with Gasteiger partial charge in [-0.15, -0.1) is 0 Å². The lowest BCUT2D eigenvalue weighted by atomic mass is 10.1. The number of hydrogen-bond donors (Lipinski definition) is 2. The molecular weight excluding hydrogens is 250 g/mol. The first-order valence-electron chi connectivity index (χ1n) is 5.65. The van der Waals surface area contributed by atoms with Crippen molar-refractivity contribution in [3.05, 3.63) is 29.8 Å². The topological polar surface area (TPSA) is 92.7 Å². The van der Waals surface area contributed by atoms with Crippen molar-refractivity contribution in [2.75, 3.05) is 0 Å². The zero-order chi connectivity index (χ0) is 14.4. The van der Waals surface area contributed by atoms with E-state index in [1.165, 1.54) is 13.8 Å². The van der Waals surface area contributed by atoms with Gasteiger partial charge in [0.2, 0.25) is 5.91 Å². The quantitative estimate of drug-likeness (QED) is 0.605. The third kappa shape index (κ3) is 5.20. The van der Waals surface area contributed by atoms with Gasteiger partial charge in [0.25, 0.3) is 0 Å². The second kappa shape index (κ2) is 6.53. The Bertz CT molecular complexity index is 480. The van der Waals surface area contributed by atoms with Gasteiger partial charge in [-0.2, -0.15) is 0 Å². The van der Waals surface area contributed by atoms with Gasteiger partial charge in [0.15, 0.2) is 0 Å². The Morgan fingerprint density at radius 3 is 2.21 bits per heavy atom. The monoisotopic (exact) mass is 265 g/mol. The molecule has 2 N–H and O–H groups in total. The van der Waals surface area contributed by atoms with Crippen LogP contribution in [-0.4, -0.2) is 29.0 Å². The molecule has 0 aliphatic rings. The Balaban J connectivity index is 2.72. The average molecular weight is 265 g/mol. The number of carboxylic acids is 1. The molecule has 0 aliphatic carbocycles. The van der Waals surface area contributed by atoms with E-state index in [4.69, 9.17) is 9.84 Å². The highest BCUT2D eigenvalue weighted by Crippen LogP contribution is 2.13. The highest BCUT2D eigenvalue weighted by Gasteiger charge is 2.18. The zero-order valence-corrected chi connectivity index (χ0v) is 10.7. The molecule has 1 rings (SSSR count). The summed E-state index contributed by atoms with van der Waals surface area (Å²) in [6, 6.07) is 5.47. The second-order valence-electron chi connectivity index (χ2n) is 4.03. The van der Waals surface area contributed by atoms with E-state index in [1.807, 2.05) is 0 Å². The molecule has 0 aromatic heterocycles. The lowest BCUT2D eigenvalue weighted by molar-refractivity contribution is -0.141. The van der Waals surface area contributed by atoms with Gasteiger partial charge in [0, 0.05) is 20.3 Å². The van der Waals surface area contributed by atoms with Gasteiger partial charge in [-0.25, -0.2) is 4.79 Å². The van der Waals surface area contributed by atoms with Crippen LogP contribution in [0.4, 0.5) is 0 Å². The number of carboxylic acid groups (broad SMARTS) is 1. The van der Waals surface area contributed by atoms with Crippen molar-refractivity contribution >= 4 is 17.8 Å². The summed E-state index contributed by atoms with van der Waals surface area (Å²) in [5.41, 5.74) is 0.719. The van der Waals surface area contributed by atoms with Gasteiger partial charge in [-0.1, -0.05) is 12.1 Å².